The fraction of sp³-hybridized carbons (Fsp3) is 0.125. The van der Waals surface area contributed by atoms with Crippen LogP contribution in [0.4, 0.5) is 4.39 Å². The molecule has 1 heterocycles. The smallest absolute Gasteiger partial charge is 0.276 e. The minimum atomic E-state index is -0.230. The van der Waals surface area contributed by atoms with Crippen molar-refractivity contribution < 1.29 is 8.81 Å². The third-order valence-electron chi connectivity index (χ3n) is 2.92. The van der Waals surface area contributed by atoms with Gasteiger partial charge in [-0.15, -0.1) is 10.2 Å². The summed E-state index contributed by atoms with van der Waals surface area (Å²) in [5.74, 6) is 1.04. The Kier molecular flexibility index (Phi) is 4.31. The first-order chi connectivity index (χ1) is 10.3. The van der Waals surface area contributed by atoms with Gasteiger partial charge in [0.15, 0.2) is 0 Å². The van der Waals surface area contributed by atoms with Crippen molar-refractivity contribution in [3.63, 3.8) is 0 Å². The third kappa shape index (κ3) is 3.92. The molecule has 1 aromatic heterocycles. The first-order valence-electron chi connectivity index (χ1n) is 6.53. The van der Waals surface area contributed by atoms with E-state index in [1.165, 1.54) is 23.9 Å². The standard InChI is InChI=1S/C16H13FN2OS/c17-14-8-6-13(7-9-14)11-21-16-19-18-15(20-16)10-12-4-2-1-3-5-12/h1-9H,10-11H2. The summed E-state index contributed by atoms with van der Waals surface area (Å²) in [6, 6.07) is 16.4. The van der Waals surface area contributed by atoms with Gasteiger partial charge in [0.25, 0.3) is 5.22 Å². The van der Waals surface area contributed by atoms with E-state index in [-0.39, 0.29) is 5.82 Å². The van der Waals surface area contributed by atoms with Gasteiger partial charge in [-0.25, -0.2) is 4.39 Å². The molecule has 0 radical (unpaired) electrons. The molecule has 0 N–H and O–H groups in total. The van der Waals surface area contributed by atoms with Crippen molar-refractivity contribution in [1.82, 2.24) is 10.2 Å². The maximum absolute atomic E-state index is 12.8. The van der Waals surface area contributed by atoms with E-state index in [0.29, 0.717) is 23.3 Å². The summed E-state index contributed by atoms with van der Waals surface area (Å²) in [6.45, 7) is 0. The summed E-state index contributed by atoms with van der Waals surface area (Å²) in [6.07, 6.45) is 0.630. The van der Waals surface area contributed by atoms with Crippen LogP contribution < -0.4 is 0 Å². The number of rotatable bonds is 5. The SMILES string of the molecule is Fc1ccc(CSc2nnc(Cc3ccccc3)o2)cc1. The predicted molar refractivity (Wildman–Crippen MR) is 79.5 cm³/mol. The van der Waals surface area contributed by atoms with Gasteiger partial charge in [-0.3, -0.25) is 0 Å². The summed E-state index contributed by atoms with van der Waals surface area (Å²) in [7, 11) is 0. The molecule has 0 fully saturated rings. The molecule has 0 bridgehead atoms. The zero-order chi connectivity index (χ0) is 14.5. The van der Waals surface area contributed by atoms with Crippen molar-refractivity contribution >= 4 is 11.8 Å². The fourth-order valence-electron chi connectivity index (χ4n) is 1.86. The molecule has 0 aliphatic heterocycles. The Morgan fingerprint density at radius 2 is 1.67 bits per heavy atom. The van der Waals surface area contributed by atoms with Gasteiger partial charge in [0.2, 0.25) is 5.89 Å². The number of benzene rings is 2. The topological polar surface area (TPSA) is 38.9 Å². The first-order valence-corrected chi connectivity index (χ1v) is 7.52. The number of aromatic nitrogens is 2. The summed E-state index contributed by atoms with van der Waals surface area (Å²) < 4.78 is 18.4. The number of hydrogen-bond donors (Lipinski definition) is 0. The minimum Gasteiger partial charge on any atom is -0.416 e. The number of hydrogen-bond acceptors (Lipinski definition) is 4. The van der Waals surface area contributed by atoms with E-state index in [2.05, 4.69) is 10.2 Å². The van der Waals surface area contributed by atoms with Gasteiger partial charge < -0.3 is 4.42 Å². The van der Waals surface area contributed by atoms with E-state index in [1.807, 2.05) is 30.3 Å². The largest absolute Gasteiger partial charge is 0.416 e. The molecule has 0 aliphatic rings. The van der Waals surface area contributed by atoms with E-state index < -0.39 is 0 Å². The molecule has 2 aromatic carbocycles. The molecular weight excluding hydrogens is 287 g/mol. The quantitative estimate of drug-likeness (QED) is 0.665. The molecule has 0 unspecified atom stereocenters. The molecule has 0 saturated heterocycles. The van der Waals surface area contributed by atoms with Crippen molar-refractivity contribution in [2.45, 2.75) is 17.4 Å². The van der Waals surface area contributed by atoms with Crippen molar-refractivity contribution in [2.75, 3.05) is 0 Å². The van der Waals surface area contributed by atoms with Crippen molar-refractivity contribution in [2.24, 2.45) is 0 Å². The van der Waals surface area contributed by atoms with Crippen LogP contribution >= 0.6 is 11.8 Å². The van der Waals surface area contributed by atoms with Crippen LogP contribution in [-0.4, -0.2) is 10.2 Å². The second-order valence-corrected chi connectivity index (χ2v) is 5.47. The Hall–Kier alpha value is -2.14. The minimum absolute atomic E-state index is 0.230. The van der Waals surface area contributed by atoms with Crippen molar-refractivity contribution in [3.05, 3.63) is 77.4 Å². The highest BCUT2D eigenvalue weighted by molar-refractivity contribution is 7.98. The lowest BCUT2D eigenvalue weighted by Gasteiger charge is -1.98. The van der Waals surface area contributed by atoms with E-state index >= 15 is 0 Å². The first kappa shape index (κ1) is 13.8. The fourth-order valence-corrected chi connectivity index (χ4v) is 2.60. The molecule has 0 atom stereocenters. The molecule has 3 rings (SSSR count). The highest BCUT2D eigenvalue weighted by atomic mass is 32.2. The average Bonchev–Trinajstić information content (AvgIpc) is 2.95. The molecule has 0 spiro atoms. The maximum atomic E-state index is 12.8. The second-order valence-electron chi connectivity index (χ2n) is 4.54. The molecule has 3 aromatic rings. The van der Waals surface area contributed by atoms with Crippen LogP contribution in [0.25, 0.3) is 0 Å². The van der Waals surface area contributed by atoms with Crippen LogP contribution in [0.15, 0.2) is 64.2 Å². The Morgan fingerprint density at radius 1 is 0.905 bits per heavy atom. The van der Waals surface area contributed by atoms with Crippen LogP contribution in [0.1, 0.15) is 17.0 Å². The van der Waals surface area contributed by atoms with Gasteiger partial charge in [-0.05, 0) is 23.3 Å². The number of nitrogens with zero attached hydrogens (tertiary/aromatic N) is 2. The third-order valence-corrected chi connectivity index (χ3v) is 3.81. The lowest BCUT2D eigenvalue weighted by molar-refractivity contribution is 0.420. The molecule has 0 amide bonds. The van der Waals surface area contributed by atoms with E-state index in [4.69, 9.17) is 4.42 Å². The summed E-state index contributed by atoms with van der Waals surface area (Å²) in [5.41, 5.74) is 2.15. The van der Waals surface area contributed by atoms with E-state index in [1.54, 1.807) is 12.1 Å². The van der Waals surface area contributed by atoms with Gasteiger partial charge >= 0.3 is 0 Å². The number of halogens is 1. The van der Waals surface area contributed by atoms with Crippen molar-refractivity contribution in [3.8, 4) is 0 Å². The van der Waals surface area contributed by atoms with Gasteiger partial charge in [0.1, 0.15) is 5.82 Å². The lowest BCUT2D eigenvalue weighted by Crippen LogP contribution is -1.87. The summed E-state index contributed by atoms with van der Waals surface area (Å²) >= 11 is 1.45. The van der Waals surface area contributed by atoms with Crippen LogP contribution in [0, 0.1) is 5.82 Å². The molecule has 21 heavy (non-hydrogen) atoms. The average molecular weight is 300 g/mol. The zero-order valence-corrected chi connectivity index (χ0v) is 12.0. The normalized spacial score (nSPS) is 10.7. The van der Waals surface area contributed by atoms with Gasteiger partial charge in [0, 0.05) is 5.75 Å². The summed E-state index contributed by atoms with van der Waals surface area (Å²) in [4.78, 5) is 0. The molecule has 3 nitrogen and oxygen atoms in total. The summed E-state index contributed by atoms with van der Waals surface area (Å²) in [5, 5.41) is 8.59. The lowest BCUT2D eigenvalue weighted by atomic mass is 10.2. The van der Waals surface area contributed by atoms with Gasteiger partial charge in [-0.1, -0.05) is 54.2 Å². The van der Waals surface area contributed by atoms with E-state index in [0.717, 1.165) is 11.1 Å². The van der Waals surface area contributed by atoms with Crippen molar-refractivity contribution in [1.29, 1.82) is 0 Å². The Morgan fingerprint density at radius 3 is 2.43 bits per heavy atom. The highest BCUT2D eigenvalue weighted by Crippen LogP contribution is 2.22. The molecule has 5 heteroatoms. The molecule has 106 valence electrons. The van der Waals surface area contributed by atoms with Crippen LogP contribution in [0.5, 0.6) is 0 Å². The number of thioether (sulfide) groups is 1. The zero-order valence-electron chi connectivity index (χ0n) is 11.2. The Labute approximate surface area is 126 Å². The Bertz CT molecular complexity index is 698. The highest BCUT2D eigenvalue weighted by Gasteiger charge is 2.07. The van der Waals surface area contributed by atoms with Crippen LogP contribution in [0.2, 0.25) is 0 Å². The van der Waals surface area contributed by atoms with Gasteiger partial charge in [-0.2, -0.15) is 0 Å². The Balaban J connectivity index is 1.59. The molecule has 0 aliphatic carbocycles. The monoisotopic (exact) mass is 300 g/mol. The van der Waals surface area contributed by atoms with Gasteiger partial charge in [0.05, 0.1) is 6.42 Å². The molecule has 0 saturated carbocycles. The van der Waals surface area contributed by atoms with Crippen LogP contribution in [0.3, 0.4) is 0 Å². The molecular formula is C16H13FN2OS. The second kappa shape index (κ2) is 6.54. The van der Waals surface area contributed by atoms with E-state index in [9.17, 15) is 4.39 Å². The predicted octanol–water partition coefficient (Wildman–Crippen LogP) is 4.09. The maximum Gasteiger partial charge on any atom is 0.276 e. The van der Waals surface area contributed by atoms with Crippen LogP contribution in [-0.2, 0) is 12.2 Å².